The predicted molar refractivity (Wildman–Crippen MR) is 378 cm³/mol. The smallest absolute Gasteiger partial charge is 0.220 e. The second-order valence-corrected chi connectivity index (χ2v) is 27.2. The Morgan fingerprint density at radius 2 is 0.670 bits per heavy atom. The summed E-state index contributed by atoms with van der Waals surface area (Å²) in [5.41, 5.74) is 0. The third-order valence-electron chi connectivity index (χ3n) is 18.6. The normalized spacial score (nSPS) is 18.1. The standard InChI is InChI=1S/C79H149NO8/c1-3-5-7-9-11-13-15-17-19-21-23-25-27-29-31-33-35-36-37-38-39-41-43-45-47-49-51-53-55-57-59-61-63-65-67-69-75(83)80-72(71-87-79-78(86)77(85)76(84)74(70-81)88-79)73(82)68-66-64-62-60-58-56-54-52-50-48-46-44-42-40-34-32-30-28-26-24-22-20-18-16-14-12-10-8-6-4-2/h15,17,21,23,27,29,66,68,72-74,76-79,81-82,84-86H,3-14,16,18-20,22,24-26,28,30-65,67,69-71H2,1-2H3,(H,80,83)/b17-15-,23-21-,29-27-,68-66+. The number of aliphatic hydroxyl groups excluding tert-OH is 5. The number of hydrogen-bond donors (Lipinski definition) is 6. The number of nitrogens with one attached hydrogen (secondary N) is 1. The Hall–Kier alpha value is -1.85. The van der Waals surface area contributed by atoms with Gasteiger partial charge in [0.1, 0.15) is 24.4 Å². The summed E-state index contributed by atoms with van der Waals surface area (Å²) in [6.45, 7) is 3.83. The van der Waals surface area contributed by atoms with Crippen LogP contribution in [0.3, 0.4) is 0 Å². The van der Waals surface area contributed by atoms with E-state index < -0.39 is 49.5 Å². The van der Waals surface area contributed by atoms with Crippen molar-refractivity contribution in [1.82, 2.24) is 5.32 Å². The predicted octanol–water partition coefficient (Wildman–Crippen LogP) is 21.9. The summed E-state index contributed by atoms with van der Waals surface area (Å²) >= 11 is 0. The van der Waals surface area contributed by atoms with Crippen LogP contribution in [0.1, 0.15) is 393 Å². The van der Waals surface area contributed by atoms with E-state index >= 15 is 0 Å². The second-order valence-electron chi connectivity index (χ2n) is 27.2. The summed E-state index contributed by atoms with van der Waals surface area (Å²) in [7, 11) is 0. The van der Waals surface area contributed by atoms with Gasteiger partial charge in [-0.3, -0.25) is 4.79 Å². The van der Waals surface area contributed by atoms with Gasteiger partial charge in [0.05, 0.1) is 25.4 Å². The minimum atomic E-state index is -1.57. The van der Waals surface area contributed by atoms with Gasteiger partial charge in [0.15, 0.2) is 6.29 Å². The summed E-state index contributed by atoms with van der Waals surface area (Å²) in [6.07, 6.45) is 86.7. The maximum Gasteiger partial charge on any atom is 0.220 e. The van der Waals surface area contributed by atoms with E-state index in [9.17, 15) is 30.3 Å². The van der Waals surface area contributed by atoms with Crippen LogP contribution in [0.2, 0.25) is 0 Å². The number of allylic oxidation sites excluding steroid dienone is 7. The van der Waals surface area contributed by atoms with E-state index in [2.05, 4.69) is 55.6 Å². The van der Waals surface area contributed by atoms with Crippen molar-refractivity contribution in [3.05, 3.63) is 48.6 Å². The molecule has 1 aliphatic rings. The van der Waals surface area contributed by atoms with Gasteiger partial charge in [0.2, 0.25) is 5.91 Å². The number of unbranched alkanes of at least 4 members (excludes halogenated alkanes) is 53. The Labute approximate surface area is 545 Å². The first-order chi connectivity index (χ1) is 43.3. The molecule has 9 nitrogen and oxygen atoms in total. The van der Waals surface area contributed by atoms with E-state index in [1.54, 1.807) is 6.08 Å². The fourth-order valence-electron chi connectivity index (χ4n) is 12.6. The molecular weight excluding hydrogens is 1090 g/mol. The van der Waals surface area contributed by atoms with Gasteiger partial charge >= 0.3 is 0 Å². The van der Waals surface area contributed by atoms with Crippen LogP contribution in [-0.2, 0) is 14.3 Å². The maximum atomic E-state index is 13.2. The average Bonchev–Trinajstić information content (AvgIpc) is 3.65. The molecule has 1 saturated heterocycles. The summed E-state index contributed by atoms with van der Waals surface area (Å²) in [4.78, 5) is 13.2. The molecule has 6 N–H and O–H groups in total. The van der Waals surface area contributed by atoms with E-state index in [0.717, 1.165) is 51.4 Å². The third kappa shape index (κ3) is 55.8. The summed E-state index contributed by atoms with van der Waals surface area (Å²) in [5.74, 6) is -0.169. The zero-order valence-electron chi connectivity index (χ0n) is 58.3. The SMILES string of the molecule is CCCCCCC/C=C\C/C=C\C/C=C\CCCCCCCCCCCCCCCCCCCCCCC(=O)NC(COC1OC(CO)C(O)C(O)C1O)C(O)/C=C/CCCCCCCCCCCCCCCCCCCCCCCCCCCCCC. The van der Waals surface area contributed by atoms with Crippen molar-refractivity contribution in [2.24, 2.45) is 0 Å². The lowest BCUT2D eigenvalue weighted by Gasteiger charge is -2.40. The van der Waals surface area contributed by atoms with Crippen LogP contribution in [0.5, 0.6) is 0 Å². The van der Waals surface area contributed by atoms with Crippen LogP contribution in [0.25, 0.3) is 0 Å². The monoisotopic (exact) mass is 1240 g/mol. The lowest BCUT2D eigenvalue weighted by Crippen LogP contribution is -2.60. The summed E-state index contributed by atoms with van der Waals surface area (Å²) in [6, 6.07) is -0.806. The van der Waals surface area contributed by atoms with E-state index in [-0.39, 0.29) is 12.5 Å². The molecule has 518 valence electrons. The molecule has 7 atom stereocenters. The first-order valence-electron chi connectivity index (χ1n) is 38.9. The van der Waals surface area contributed by atoms with Crippen LogP contribution in [0.15, 0.2) is 48.6 Å². The number of ether oxygens (including phenoxy) is 2. The zero-order chi connectivity index (χ0) is 63.5. The van der Waals surface area contributed by atoms with Gasteiger partial charge in [0.25, 0.3) is 0 Å². The van der Waals surface area contributed by atoms with E-state index in [1.165, 1.54) is 321 Å². The lowest BCUT2D eigenvalue weighted by atomic mass is 9.99. The molecule has 0 spiro atoms. The van der Waals surface area contributed by atoms with Gasteiger partial charge in [-0.15, -0.1) is 0 Å². The van der Waals surface area contributed by atoms with Crippen LogP contribution in [-0.4, -0.2) is 87.5 Å². The quantitative estimate of drug-likeness (QED) is 0.0261. The molecule has 0 aliphatic carbocycles. The molecule has 1 amide bonds. The number of rotatable bonds is 69. The highest BCUT2D eigenvalue weighted by Crippen LogP contribution is 2.24. The molecule has 1 heterocycles. The van der Waals surface area contributed by atoms with Crippen molar-refractivity contribution in [2.45, 2.75) is 436 Å². The Morgan fingerprint density at radius 1 is 0.386 bits per heavy atom. The highest BCUT2D eigenvalue weighted by atomic mass is 16.7. The molecule has 1 aliphatic heterocycles. The summed E-state index contributed by atoms with van der Waals surface area (Å²) < 4.78 is 11.3. The van der Waals surface area contributed by atoms with Crippen molar-refractivity contribution in [3.63, 3.8) is 0 Å². The van der Waals surface area contributed by atoms with Gasteiger partial charge in [-0.25, -0.2) is 0 Å². The van der Waals surface area contributed by atoms with Gasteiger partial charge in [-0.2, -0.15) is 0 Å². The Morgan fingerprint density at radius 3 is 0.989 bits per heavy atom. The topological polar surface area (TPSA) is 149 Å². The number of aliphatic hydroxyl groups is 5. The minimum Gasteiger partial charge on any atom is -0.394 e. The van der Waals surface area contributed by atoms with E-state index in [0.29, 0.717) is 6.42 Å². The van der Waals surface area contributed by atoms with E-state index in [1.807, 2.05) is 6.08 Å². The molecule has 0 aromatic heterocycles. The van der Waals surface area contributed by atoms with Gasteiger partial charge < -0.3 is 40.3 Å². The Kier molecular flexibility index (Phi) is 65.1. The fraction of sp³-hybridized carbons (Fsp3) is 0.886. The molecular formula is C79H149NO8. The van der Waals surface area contributed by atoms with Crippen LogP contribution >= 0.6 is 0 Å². The largest absolute Gasteiger partial charge is 0.394 e. The number of carbonyl (C=O) groups is 1. The molecule has 1 rings (SSSR count). The number of carbonyl (C=O) groups excluding carboxylic acids is 1. The average molecular weight is 1240 g/mol. The first-order valence-corrected chi connectivity index (χ1v) is 38.9. The molecule has 0 bridgehead atoms. The maximum absolute atomic E-state index is 13.2. The highest BCUT2D eigenvalue weighted by Gasteiger charge is 2.44. The third-order valence-corrected chi connectivity index (χ3v) is 18.6. The molecule has 0 aromatic rings. The van der Waals surface area contributed by atoms with Gasteiger partial charge in [0, 0.05) is 6.42 Å². The summed E-state index contributed by atoms with van der Waals surface area (Å²) in [5, 5.41) is 54.9. The second kappa shape index (κ2) is 68.0. The van der Waals surface area contributed by atoms with Gasteiger partial charge in [-0.05, 0) is 57.8 Å². The van der Waals surface area contributed by atoms with Crippen LogP contribution in [0, 0.1) is 0 Å². The van der Waals surface area contributed by atoms with Crippen LogP contribution < -0.4 is 5.32 Å². The van der Waals surface area contributed by atoms with Crippen molar-refractivity contribution in [3.8, 4) is 0 Å². The van der Waals surface area contributed by atoms with E-state index in [4.69, 9.17) is 9.47 Å². The van der Waals surface area contributed by atoms with Gasteiger partial charge in [-0.1, -0.05) is 377 Å². The Bertz CT molecular complexity index is 1530. The van der Waals surface area contributed by atoms with Crippen molar-refractivity contribution in [2.75, 3.05) is 13.2 Å². The van der Waals surface area contributed by atoms with Crippen LogP contribution in [0.4, 0.5) is 0 Å². The molecule has 1 fully saturated rings. The molecule has 7 unspecified atom stereocenters. The molecule has 9 heteroatoms. The molecule has 0 saturated carbocycles. The first kappa shape index (κ1) is 84.2. The van der Waals surface area contributed by atoms with Crippen molar-refractivity contribution >= 4 is 5.91 Å². The number of amides is 1. The Balaban J connectivity index is 2.08. The fourth-order valence-corrected chi connectivity index (χ4v) is 12.6. The van der Waals surface area contributed by atoms with Crippen molar-refractivity contribution in [1.29, 1.82) is 0 Å². The number of hydrogen-bond acceptors (Lipinski definition) is 8. The molecule has 0 aromatic carbocycles. The highest BCUT2D eigenvalue weighted by molar-refractivity contribution is 5.76. The minimum absolute atomic E-state index is 0.169. The molecule has 88 heavy (non-hydrogen) atoms. The van der Waals surface area contributed by atoms with Crippen molar-refractivity contribution < 1.29 is 39.8 Å². The zero-order valence-corrected chi connectivity index (χ0v) is 58.3. The lowest BCUT2D eigenvalue weighted by molar-refractivity contribution is -0.302. The molecule has 0 radical (unpaired) electrons.